The first-order valence-electron chi connectivity index (χ1n) is 17.4. The number of carbonyl (C=O) groups excluding carboxylic acids is 4. The van der Waals surface area contributed by atoms with Crippen LogP contribution in [0.15, 0.2) is 48.7 Å². The van der Waals surface area contributed by atoms with E-state index in [-0.39, 0.29) is 0 Å². The van der Waals surface area contributed by atoms with Crippen molar-refractivity contribution in [1.29, 1.82) is 0 Å². The van der Waals surface area contributed by atoms with Crippen molar-refractivity contribution in [2.75, 3.05) is 13.2 Å². The van der Waals surface area contributed by atoms with Crippen molar-refractivity contribution in [3.63, 3.8) is 0 Å². The van der Waals surface area contributed by atoms with Crippen LogP contribution in [0, 0.1) is 11.8 Å². The molecular formula is C36H44O18. The molecular weight excluding hydrogens is 720 g/mol. The van der Waals surface area contributed by atoms with Gasteiger partial charge in [0.2, 0.25) is 6.29 Å². The molecule has 1 aliphatic carbocycles. The van der Waals surface area contributed by atoms with Crippen molar-refractivity contribution < 1.29 is 87.0 Å². The van der Waals surface area contributed by atoms with E-state index in [1.54, 1.807) is 37.3 Å². The van der Waals surface area contributed by atoms with Crippen LogP contribution in [0.25, 0.3) is 6.08 Å². The summed E-state index contributed by atoms with van der Waals surface area (Å²) < 4.78 is 58.0. The van der Waals surface area contributed by atoms with Crippen molar-refractivity contribution in [2.45, 2.75) is 113 Å². The summed E-state index contributed by atoms with van der Waals surface area (Å²) in [7, 11) is 0. The standard InChI is InChI=1S/C36H44O18/c1-16-28(48-18(3)39)30(51-23(41)11-10-20-8-6-5-7-9-20)31(49-19(4)40)35(47-16)52-29-21-12-13-45-33(24(21)36(15-37)32(29)54-36)53-34-27(44)26(43)25(42)22(50-34)14-46-17(2)38/h5-13,16,21-22,24-35,37,42-44H,14-15H2,1-4H3/b11-10+/t16-,21+,22+,24+,25+,26-,27+,28-,29-,30+,31+,32-,33-,34-,35-,36+/m0/s1. The van der Waals surface area contributed by atoms with Gasteiger partial charge < -0.3 is 67.8 Å². The summed E-state index contributed by atoms with van der Waals surface area (Å²) in [6.45, 7) is 4.04. The molecule has 296 valence electrons. The Bertz CT molecular complexity index is 1580. The van der Waals surface area contributed by atoms with Crippen LogP contribution in [0.3, 0.4) is 0 Å². The summed E-state index contributed by atoms with van der Waals surface area (Å²) in [4.78, 5) is 49.1. The summed E-state index contributed by atoms with van der Waals surface area (Å²) in [5.41, 5.74) is -0.589. The van der Waals surface area contributed by atoms with E-state index in [0.29, 0.717) is 5.56 Å². The number of esters is 4. The minimum atomic E-state index is -1.76. The molecule has 0 aromatic heterocycles. The molecule has 1 aromatic rings. The minimum Gasteiger partial charge on any atom is -0.472 e. The SMILES string of the molecule is CC(=O)OC[C@H]1O[C@@H](O[C@@H]2OC=C[C@H]3[C@H](O[C@@H]4O[C@@H](C)[C@H](OC(C)=O)[C@@H](OC(=O)/C=C/c5ccccc5)[C@H]4OC(C)=O)[C@@H]4O[C@]4(CO)[C@@H]23)[C@H](O)[C@@H](O)[C@@H]1O. The fourth-order valence-corrected chi connectivity index (χ4v) is 7.44. The number of rotatable bonds is 12. The molecule has 6 rings (SSSR count). The number of ether oxygens (including phenoxy) is 10. The third kappa shape index (κ3) is 8.17. The first kappa shape index (κ1) is 39.7. The maximum atomic E-state index is 13.1. The van der Waals surface area contributed by atoms with Crippen molar-refractivity contribution in [1.82, 2.24) is 0 Å². The fraction of sp³-hybridized carbons (Fsp3) is 0.611. The van der Waals surface area contributed by atoms with E-state index in [4.69, 9.17) is 47.4 Å². The molecule has 1 aromatic carbocycles. The summed E-state index contributed by atoms with van der Waals surface area (Å²) in [5.74, 6) is -4.45. The molecule has 1 saturated carbocycles. The normalized spacial score (nSPS) is 40.9. The van der Waals surface area contributed by atoms with Gasteiger partial charge in [0.25, 0.3) is 0 Å². The predicted molar refractivity (Wildman–Crippen MR) is 176 cm³/mol. The Balaban J connectivity index is 1.23. The summed E-state index contributed by atoms with van der Waals surface area (Å²) in [6.07, 6.45) is -11.8. The first-order valence-corrected chi connectivity index (χ1v) is 17.4. The van der Waals surface area contributed by atoms with Crippen LogP contribution in [0.2, 0.25) is 0 Å². The van der Waals surface area contributed by atoms with Crippen LogP contribution < -0.4 is 0 Å². The molecule has 0 spiro atoms. The van der Waals surface area contributed by atoms with Crippen LogP contribution in [-0.4, -0.2) is 143 Å². The highest BCUT2D eigenvalue weighted by atomic mass is 16.8. The van der Waals surface area contributed by atoms with Gasteiger partial charge in [0.1, 0.15) is 42.7 Å². The number of fused-ring (bicyclic) bond motifs is 3. The quantitative estimate of drug-likeness (QED) is 0.0884. The maximum Gasteiger partial charge on any atom is 0.331 e. The third-order valence-electron chi connectivity index (χ3n) is 9.96. The Morgan fingerprint density at radius 3 is 2.17 bits per heavy atom. The number of aliphatic hydroxyl groups is 4. The van der Waals surface area contributed by atoms with Gasteiger partial charge in [0.05, 0.1) is 31.0 Å². The molecule has 0 unspecified atom stereocenters. The molecule has 5 aliphatic rings. The molecule has 4 fully saturated rings. The van der Waals surface area contributed by atoms with Crippen LogP contribution in [-0.2, 0) is 66.5 Å². The Hall–Kier alpha value is -3.98. The van der Waals surface area contributed by atoms with Gasteiger partial charge >= 0.3 is 23.9 Å². The predicted octanol–water partition coefficient (Wildman–Crippen LogP) is -0.762. The largest absolute Gasteiger partial charge is 0.472 e. The number of benzene rings is 1. The molecule has 54 heavy (non-hydrogen) atoms. The number of hydrogen-bond donors (Lipinski definition) is 4. The van der Waals surface area contributed by atoms with Crippen LogP contribution in [0.4, 0.5) is 0 Å². The molecule has 4 N–H and O–H groups in total. The number of hydrogen-bond acceptors (Lipinski definition) is 18. The maximum absolute atomic E-state index is 13.1. The molecule has 3 saturated heterocycles. The average molecular weight is 765 g/mol. The van der Waals surface area contributed by atoms with E-state index in [1.807, 2.05) is 6.07 Å². The molecule has 4 aliphatic heterocycles. The Morgan fingerprint density at radius 1 is 0.796 bits per heavy atom. The van der Waals surface area contributed by atoms with E-state index in [2.05, 4.69) is 0 Å². The summed E-state index contributed by atoms with van der Waals surface area (Å²) in [6, 6.07) is 8.94. The highest BCUT2D eigenvalue weighted by Crippen LogP contribution is 2.61. The van der Waals surface area contributed by atoms with Gasteiger partial charge in [-0.1, -0.05) is 30.3 Å². The van der Waals surface area contributed by atoms with E-state index < -0.39 is 134 Å². The van der Waals surface area contributed by atoms with Crippen molar-refractivity contribution >= 4 is 30.0 Å². The summed E-state index contributed by atoms with van der Waals surface area (Å²) in [5, 5.41) is 42.3. The zero-order valence-electron chi connectivity index (χ0n) is 29.8. The van der Waals surface area contributed by atoms with E-state index in [9.17, 15) is 39.6 Å². The van der Waals surface area contributed by atoms with Gasteiger partial charge in [0, 0.05) is 32.8 Å². The Labute approximate surface area is 309 Å². The van der Waals surface area contributed by atoms with E-state index >= 15 is 0 Å². The Morgan fingerprint density at radius 2 is 1.50 bits per heavy atom. The third-order valence-corrected chi connectivity index (χ3v) is 9.96. The number of aliphatic hydroxyl groups excluding tert-OH is 4. The number of carbonyl (C=O) groups is 4. The van der Waals surface area contributed by atoms with Gasteiger partial charge in [-0.15, -0.1) is 0 Å². The highest BCUT2D eigenvalue weighted by Gasteiger charge is 2.77. The molecule has 4 heterocycles. The second-order valence-corrected chi connectivity index (χ2v) is 13.6. The molecule has 16 atom stereocenters. The van der Waals surface area contributed by atoms with Crippen LogP contribution in [0.1, 0.15) is 33.3 Å². The smallest absolute Gasteiger partial charge is 0.331 e. The zero-order chi connectivity index (χ0) is 38.9. The van der Waals surface area contributed by atoms with Crippen LogP contribution >= 0.6 is 0 Å². The first-order chi connectivity index (χ1) is 25.7. The van der Waals surface area contributed by atoms with Gasteiger partial charge in [0.15, 0.2) is 30.9 Å². The fourth-order valence-electron chi connectivity index (χ4n) is 7.44. The van der Waals surface area contributed by atoms with E-state index in [0.717, 1.165) is 20.8 Å². The van der Waals surface area contributed by atoms with Gasteiger partial charge in [-0.3, -0.25) is 14.4 Å². The molecule has 18 nitrogen and oxygen atoms in total. The van der Waals surface area contributed by atoms with Gasteiger partial charge in [-0.2, -0.15) is 0 Å². The van der Waals surface area contributed by atoms with Crippen molar-refractivity contribution in [2.24, 2.45) is 11.8 Å². The molecule has 0 bridgehead atoms. The lowest BCUT2D eigenvalue weighted by atomic mass is 9.85. The minimum absolute atomic E-state index is 0.444. The van der Waals surface area contributed by atoms with Crippen molar-refractivity contribution in [3.05, 3.63) is 54.3 Å². The van der Waals surface area contributed by atoms with Crippen molar-refractivity contribution in [3.8, 4) is 0 Å². The molecule has 0 amide bonds. The van der Waals surface area contributed by atoms with Gasteiger partial charge in [-0.25, -0.2) is 4.79 Å². The van der Waals surface area contributed by atoms with Crippen LogP contribution in [0.5, 0.6) is 0 Å². The average Bonchev–Trinajstić information content (AvgIpc) is 3.81. The molecule has 18 heteroatoms. The number of epoxide rings is 1. The monoisotopic (exact) mass is 764 g/mol. The second kappa shape index (κ2) is 16.4. The lowest BCUT2D eigenvalue weighted by Gasteiger charge is -2.45. The zero-order valence-corrected chi connectivity index (χ0v) is 29.8. The highest BCUT2D eigenvalue weighted by molar-refractivity contribution is 5.87. The Kier molecular flexibility index (Phi) is 12.1. The molecule has 0 radical (unpaired) electrons. The topological polar surface area (TPSA) is 245 Å². The van der Waals surface area contributed by atoms with E-state index in [1.165, 1.54) is 18.4 Å². The second-order valence-electron chi connectivity index (χ2n) is 13.6. The van der Waals surface area contributed by atoms with Gasteiger partial charge in [-0.05, 0) is 24.6 Å². The lowest BCUT2D eigenvalue weighted by Crippen LogP contribution is -2.62. The summed E-state index contributed by atoms with van der Waals surface area (Å²) >= 11 is 0. The lowest BCUT2D eigenvalue weighted by molar-refractivity contribution is -0.347.